The summed E-state index contributed by atoms with van der Waals surface area (Å²) in [6, 6.07) is 4.42. The molecule has 0 radical (unpaired) electrons. The van der Waals surface area contributed by atoms with Gasteiger partial charge < -0.3 is 5.32 Å². The molecule has 2 heteroatoms. The van der Waals surface area contributed by atoms with E-state index in [9.17, 15) is 0 Å². The van der Waals surface area contributed by atoms with Crippen molar-refractivity contribution in [1.82, 2.24) is 5.32 Å². The summed E-state index contributed by atoms with van der Waals surface area (Å²) >= 11 is 3.53. The predicted molar refractivity (Wildman–Crippen MR) is 61.0 cm³/mol. The average molecular weight is 242 g/mol. The minimum Gasteiger partial charge on any atom is -0.313 e. The maximum absolute atomic E-state index is 3.53. The van der Waals surface area contributed by atoms with Gasteiger partial charge in [0, 0.05) is 11.0 Å². The van der Waals surface area contributed by atoms with Crippen molar-refractivity contribution in [2.75, 3.05) is 6.54 Å². The fourth-order valence-corrected chi connectivity index (χ4v) is 1.75. The van der Waals surface area contributed by atoms with Crippen LogP contribution >= 0.6 is 15.9 Å². The molecule has 1 rings (SSSR count). The minimum atomic E-state index is 0.969. The van der Waals surface area contributed by atoms with Gasteiger partial charge in [-0.3, -0.25) is 0 Å². The average Bonchev–Trinajstić information content (AvgIpc) is 2.09. The third-order valence-corrected chi connectivity index (χ3v) is 3.04. The van der Waals surface area contributed by atoms with Gasteiger partial charge in [0.15, 0.2) is 0 Å². The van der Waals surface area contributed by atoms with E-state index in [0.717, 1.165) is 13.1 Å². The van der Waals surface area contributed by atoms with Crippen molar-refractivity contribution < 1.29 is 0 Å². The SMILES string of the molecule is CCNCc1cc(C)c(Br)cc1C. The molecule has 0 fully saturated rings. The number of hydrogen-bond donors (Lipinski definition) is 1. The molecule has 1 nitrogen and oxygen atoms in total. The quantitative estimate of drug-likeness (QED) is 0.858. The van der Waals surface area contributed by atoms with Gasteiger partial charge in [0.25, 0.3) is 0 Å². The van der Waals surface area contributed by atoms with Crippen LogP contribution in [0.2, 0.25) is 0 Å². The number of nitrogens with one attached hydrogen (secondary N) is 1. The van der Waals surface area contributed by atoms with Gasteiger partial charge in [0.1, 0.15) is 0 Å². The minimum absolute atomic E-state index is 0.969. The Hall–Kier alpha value is -0.340. The Morgan fingerprint density at radius 3 is 2.54 bits per heavy atom. The second-order valence-corrected chi connectivity index (χ2v) is 4.16. The molecule has 0 amide bonds. The lowest BCUT2D eigenvalue weighted by Gasteiger charge is -2.09. The summed E-state index contributed by atoms with van der Waals surface area (Å²) in [5.41, 5.74) is 4.04. The van der Waals surface area contributed by atoms with Crippen LogP contribution in [0, 0.1) is 13.8 Å². The molecule has 0 aliphatic heterocycles. The smallest absolute Gasteiger partial charge is 0.0208 e. The molecular formula is C11H16BrN. The fraction of sp³-hybridized carbons (Fsp3) is 0.455. The van der Waals surface area contributed by atoms with Crippen molar-refractivity contribution in [2.24, 2.45) is 0 Å². The molecule has 0 atom stereocenters. The highest BCUT2D eigenvalue weighted by Crippen LogP contribution is 2.20. The highest BCUT2D eigenvalue weighted by molar-refractivity contribution is 9.10. The van der Waals surface area contributed by atoms with Crippen LogP contribution in [0.3, 0.4) is 0 Å². The van der Waals surface area contributed by atoms with E-state index in [1.807, 2.05) is 0 Å². The van der Waals surface area contributed by atoms with Crippen LogP contribution in [-0.4, -0.2) is 6.54 Å². The Kier molecular flexibility index (Phi) is 3.94. The first-order valence-corrected chi connectivity index (χ1v) is 5.40. The van der Waals surface area contributed by atoms with Gasteiger partial charge in [-0.1, -0.05) is 28.9 Å². The lowest BCUT2D eigenvalue weighted by Crippen LogP contribution is -2.12. The second kappa shape index (κ2) is 4.77. The molecule has 0 aromatic heterocycles. The monoisotopic (exact) mass is 241 g/mol. The predicted octanol–water partition coefficient (Wildman–Crippen LogP) is 3.18. The number of halogens is 1. The van der Waals surface area contributed by atoms with Crippen LogP contribution in [-0.2, 0) is 6.54 Å². The second-order valence-electron chi connectivity index (χ2n) is 3.31. The largest absolute Gasteiger partial charge is 0.313 e. The van der Waals surface area contributed by atoms with Crippen molar-refractivity contribution >= 4 is 15.9 Å². The van der Waals surface area contributed by atoms with Crippen LogP contribution < -0.4 is 5.32 Å². The molecule has 72 valence electrons. The molecule has 13 heavy (non-hydrogen) atoms. The zero-order valence-electron chi connectivity index (χ0n) is 8.45. The van der Waals surface area contributed by atoms with E-state index in [2.05, 4.69) is 54.2 Å². The van der Waals surface area contributed by atoms with Crippen molar-refractivity contribution in [3.8, 4) is 0 Å². The van der Waals surface area contributed by atoms with Crippen LogP contribution in [0.5, 0.6) is 0 Å². The Labute approximate surface area is 88.7 Å². The third kappa shape index (κ3) is 2.82. The number of hydrogen-bond acceptors (Lipinski definition) is 1. The van der Waals surface area contributed by atoms with E-state index in [4.69, 9.17) is 0 Å². The molecule has 0 unspecified atom stereocenters. The number of rotatable bonds is 3. The molecular weight excluding hydrogens is 226 g/mol. The van der Waals surface area contributed by atoms with E-state index < -0.39 is 0 Å². The molecule has 0 saturated heterocycles. The van der Waals surface area contributed by atoms with E-state index in [1.165, 1.54) is 21.2 Å². The summed E-state index contributed by atoms with van der Waals surface area (Å²) in [5, 5.41) is 3.34. The standard InChI is InChI=1S/C11H16BrN/c1-4-13-7-10-5-9(3)11(12)6-8(10)2/h5-6,13H,4,7H2,1-3H3. The molecule has 0 bridgehead atoms. The van der Waals surface area contributed by atoms with Crippen molar-refractivity contribution in [2.45, 2.75) is 27.3 Å². The maximum atomic E-state index is 3.53. The Bertz CT molecular complexity index is 294. The van der Waals surface area contributed by atoms with E-state index in [-0.39, 0.29) is 0 Å². The molecule has 0 aliphatic carbocycles. The molecule has 0 spiro atoms. The summed E-state index contributed by atoms with van der Waals surface area (Å²) in [4.78, 5) is 0. The van der Waals surface area contributed by atoms with Crippen LogP contribution in [0.25, 0.3) is 0 Å². The van der Waals surface area contributed by atoms with Gasteiger partial charge in [-0.25, -0.2) is 0 Å². The van der Waals surface area contributed by atoms with Crippen LogP contribution in [0.4, 0.5) is 0 Å². The highest BCUT2D eigenvalue weighted by atomic mass is 79.9. The normalized spacial score (nSPS) is 10.5. The summed E-state index contributed by atoms with van der Waals surface area (Å²) in [7, 11) is 0. The van der Waals surface area contributed by atoms with E-state index in [1.54, 1.807) is 0 Å². The summed E-state index contributed by atoms with van der Waals surface area (Å²) in [6.45, 7) is 8.39. The molecule has 0 heterocycles. The summed E-state index contributed by atoms with van der Waals surface area (Å²) in [5.74, 6) is 0. The van der Waals surface area contributed by atoms with Gasteiger partial charge in [-0.2, -0.15) is 0 Å². The van der Waals surface area contributed by atoms with Crippen molar-refractivity contribution in [1.29, 1.82) is 0 Å². The molecule has 0 aliphatic rings. The summed E-state index contributed by atoms with van der Waals surface area (Å²) < 4.78 is 1.20. The Balaban J connectivity index is 2.88. The fourth-order valence-electron chi connectivity index (χ4n) is 1.29. The molecule has 1 aromatic rings. The number of benzene rings is 1. The lowest BCUT2D eigenvalue weighted by atomic mass is 10.1. The molecule has 1 aromatic carbocycles. The Morgan fingerprint density at radius 2 is 1.92 bits per heavy atom. The van der Waals surface area contributed by atoms with E-state index in [0.29, 0.717) is 0 Å². The van der Waals surface area contributed by atoms with Gasteiger partial charge in [-0.15, -0.1) is 0 Å². The van der Waals surface area contributed by atoms with Gasteiger partial charge in [0.05, 0.1) is 0 Å². The lowest BCUT2D eigenvalue weighted by molar-refractivity contribution is 0.723. The summed E-state index contributed by atoms with van der Waals surface area (Å²) in [6.07, 6.45) is 0. The van der Waals surface area contributed by atoms with Gasteiger partial charge in [-0.05, 0) is 43.1 Å². The zero-order valence-corrected chi connectivity index (χ0v) is 10.0. The first-order chi connectivity index (χ1) is 6.15. The van der Waals surface area contributed by atoms with Gasteiger partial charge in [0.2, 0.25) is 0 Å². The highest BCUT2D eigenvalue weighted by Gasteiger charge is 2.01. The molecule has 1 N–H and O–H groups in total. The number of aryl methyl sites for hydroxylation is 2. The third-order valence-electron chi connectivity index (χ3n) is 2.18. The zero-order chi connectivity index (χ0) is 9.84. The maximum Gasteiger partial charge on any atom is 0.0208 e. The van der Waals surface area contributed by atoms with Crippen LogP contribution in [0.1, 0.15) is 23.6 Å². The van der Waals surface area contributed by atoms with Crippen molar-refractivity contribution in [3.63, 3.8) is 0 Å². The first kappa shape index (κ1) is 10.7. The first-order valence-electron chi connectivity index (χ1n) is 4.61. The molecule has 0 saturated carbocycles. The van der Waals surface area contributed by atoms with Crippen LogP contribution in [0.15, 0.2) is 16.6 Å². The van der Waals surface area contributed by atoms with Gasteiger partial charge >= 0.3 is 0 Å². The van der Waals surface area contributed by atoms with E-state index >= 15 is 0 Å². The Morgan fingerprint density at radius 1 is 1.23 bits per heavy atom. The topological polar surface area (TPSA) is 12.0 Å². The van der Waals surface area contributed by atoms with Crippen molar-refractivity contribution in [3.05, 3.63) is 33.3 Å².